The van der Waals surface area contributed by atoms with E-state index in [1.165, 1.54) is 0 Å². The van der Waals surface area contributed by atoms with E-state index in [9.17, 15) is 19.2 Å². The third-order valence-corrected chi connectivity index (χ3v) is 12.6. The van der Waals surface area contributed by atoms with Gasteiger partial charge >= 0.3 is 0 Å². The molecule has 60 heavy (non-hydrogen) atoms. The van der Waals surface area contributed by atoms with Crippen LogP contribution in [0.1, 0.15) is 64.5 Å². The van der Waals surface area contributed by atoms with Crippen molar-refractivity contribution in [2.75, 3.05) is 54.4 Å². The Hall–Kier alpha value is -5.46. The standard InChI is InChI=1S/C48H55BrN6O5/c1-5-53(6-2)39-18-10-9-14-33(39)29-43(57)55-27-13-19-40(55)48(59)51-35-24-25-41-37(30-35)44(49)46(60-41)32-22-20-31(21-23-32)36-16-11-15-34(45(36)54(7-3)8-4)28-42(56)52-47(58)38-17-12-26-50-38/h9-11,14-16,18,20-25,30,38,40,50H,5-8,12-13,17,19,26-29H2,1-4H3,(H,51,59)(H,52,56,58)/t38?,40-/m0/s1. The molecule has 11 nitrogen and oxygen atoms in total. The molecular formula is C48H55BrN6O5. The lowest BCUT2D eigenvalue weighted by Crippen LogP contribution is -2.44. The largest absolute Gasteiger partial charge is 0.455 e. The van der Waals surface area contributed by atoms with Gasteiger partial charge < -0.3 is 29.8 Å². The second-order valence-electron chi connectivity index (χ2n) is 15.5. The van der Waals surface area contributed by atoms with Crippen molar-refractivity contribution in [1.29, 1.82) is 0 Å². The van der Waals surface area contributed by atoms with E-state index in [-0.39, 0.29) is 42.5 Å². The van der Waals surface area contributed by atoms with Gasteiger partial charge in [0.25, 0.3) is 0 Å². The highest BCUT2D eigenvalue weighted by molar-refractivity contribution is 9.10. The molecule has 314 valence electrons. The van der Waals surface area contributed by atoms with E-state index >= 15 is 0 Å². The average molecular weight is 876 g/mol. The highest BCUT2D eigenvalue weighted by Crippen LogP contribution is 2.41. The number of hydrogen-bond acceptors (Lipinski definition) is 8. The number of nitrogens with zero attached hydrogens (tertiary/aromatic N) is 3. The number of carbonyl (C=O) groups is 4. The summed E-state index contributed by atoms with van der Waals surface area (Å²) in [6, 6.07) is 26.9. The Balaban J connectivity index is 1.06. The molecule has 2 atom stereocenters. The van der Waals surface area contributed by atoms with Crippen molar-refractivity contribution in [2.45, 2.75) is 78.3 Å². The molecule has 0 aliphatic carbocycles. The minimum Gasteiger partial charge on any atom is -0.455 e. The van der Waals surface area contributed by atoms with Gasteiger partial charge in [-0.1, -0.05) is 60.7 Å². The van der Waals surface area contributed by atoms with E-state index in [0.29, 0.717) is 30.0 Å². The minimum absolute atomic E-state index is 0.0410. The first-order valence-electron chi connectivity index (χ1n) is 21.3. The zero-order valence-corrected chi connectivity index (χ0v) is 36.6. The Morgan fingerprint density at radius 2 is 1.50 bits per heavy atom. The average Bonchev–Trinajstić information content (AvgIpc) is 4.05. The first kappa shape index (κ1) is 42.7. The lowest BCUT2D eigenvalue weighted by molar-refractivity contribution is -0.136. The minimum atomic E-state index is -0.542. The number of carbonyl (C=O) groups excluding carboxylic acids is 4. The Morgan fingerprint density at radius 3 is 2.22 bits per heavy atom. The number of benzene rings is 4. The van der Waals surface area contributed by atoms with E-state index < -0.39 is 6.04 Å². The molecule has 0 radical (unpaired) electrons. The van der Waals surface area contributed by atoms with Gasteiger partial charge in [-0.15, -0.1) is 0 Å². The first-order chi connectivity index (χ1) is 29.1. The molecule has 2 saturated heterocycles. The molecule has 2 aliphatic rings. The molecule has 7 rings (SSSR count). The highest BCUT2D eigenvalue weighted by Gasteiger charge is 2.34. The van der Waals surface area contributed by atoms with Crippen molar-refractivity contribution in [3.05, 3.63) is 101 Å². The molecule has 3 N–H and O–H groups in total. The predicted molar refractivity (Wildman–Crippen MR) is 243 cm³/mol. The number of amides is 4. The topological polar surface area (TPSA) is 127 Å². The fraction of sp³-hybridized carbons (Fsp3) is 0.375. The molecule has 1 aromatic heterocycles. The van der Waals surface area contributed by atoms with Crippen molar-refractivity contribution in [3.63, 3.8) is 0 Å². The van der Waals surface area contributed by atoms with Gasteiger partial charge in [-0.25, -0.2) is 0 Å². The first-order valence-corrected chi connectivity index (χ1v) is 22.1. The maximum absolute atomic E-state index is 13.7. The molecule has 2 fully saturated rings. The summed E-state index contributed by atoms with van der Waals surface area (Å²) in [7, 11) is 0. The summed E-state index contributed by atoms with van der Waals surface area (Å²) in [5.41, 5.74) is 8.01. The third-order valence-electron chi connectivity index (χ3n) is 11.9. The van der Waals surface area contributed by atoms with Crippen molar-refractivity contribution in [1.82, 2.24) is 15.5 Å². The number of anilines is 3. The molecule has 5 aromatic rings. The summed E-state index contributed by atoms with van der Waals surface area (Å²) in [6.07, 6.45) is 3.38. The van der Waals surface area contributed by atoms with Gasteiger partial charge in [0.05, 0.1) is 23.4 Å². The summed E-state index contributed by atoms with van der Waals surface area (Å²) in [4.78, 5) is 59.4. The normalized spacial score (nSPS) is 16.2. The quantitative estimate of drug-likeness (QED) is 0.0959. The number of imide groups is 1. The van der Waals surface area contributed by atoms with Crippen LogP contribution in [0.15, 0.2) is 93.8 Å². The van der Waals surface area contributed by atoms with Crippen LogP contribution in [0.4, 0.5) is 17.1 Å². The van der Waals surface area contributed by atoms with E-state index in [0.717, 1.165) is 101 Å². The number of halogens is 1. The molecule has 0 saturated carbocycles. The van der Waals surface area contributed by atoms with Gasteiger partial charge in [-0.05, 0) is 117 Å². The number of rotatable bonds is 15. The lowest BCUT2D eigenvalue weighted by atomic mass is 9.96. The highest BCUT2D eigenvalue weighted by atomic mass is 79.9. The van der Waals surface area contributed by atoms with E-state index in [2.05, 4.69) is 93.6 Å². The van der Waals surface area contributed by atoms with Crippen LogP contribution in [0.5, 0.6) is 0 Å². The Labute approximate surface area is 361 Å². The molecule has 3 heterocycles. The van der Waals surface area contributed by atoms with E-state index in [1.807, 2.05) is 60.7 Å². The SMILES string of the molecule is CCN(CC)c1ccccc1CC(=O)N1CCC[C@H]1C(=O)Nc1ccc2oc(-c3ccc(-c4cccc(CC(=O)NC(=O)C5CCCN5)c4N(CC)CC)cc3)c(Br)c2c1. The molecule has 4 amide bonds. The summed E-state index contributed by atoms with van der Waals surface area (Å²) in [6.45, 7) is 13.0. The van der Waals surface area contributed by atoms with Gasteiger partial charge in [0, 0.05) is 66.3 Å². The van der Waals surface area contributed by atoms with Crippen molar-refractivity contribution >= 4 is 67.6 Å². The van der Waals surface area contributed by atoms with Gasteiger partial charge in [0.1, 0.15) is 17.4 Å². The molecule has 0 bridgehead atoms. The number of para-hydroxylation sites is 2. The molecule has 2 aliphatic heterocycles. The second kappa shape index (κ2) is 19.3. The molecule has 4 aromatic carbocycles. The van der Waals surface area contributed by atoms with Crippen molar-refractivity contribution < 1.29 is 23.6 Å². The molecular weight excluding hydrogens is 820 g/mol. The fourth-order valence-corrected chi connectivity index (χ4v) is 9.34. The van der Waals surface area contributed by atoms with Gasteiger partial charge in [0.2, 0.25) is 23.6 Å². The third kappa shape index (κ3) is 9.14. The van der Waals surface area contributed by atoms with Crippen LogP contribution in [0.25, 0.3) is 33.4 Å². The number of hydrogen-bond donors (Lipinski definition) is 3. The zero-order chi connectivity index (χ0) is 42.3. The molecule has 1 unspecified atom stereocenters. The van der Waals surface area contributed by atoms with Crippen LogP contribution in [-0.2, 0) is 32.0 Å². The van der Waals surface area contributed by atoms with Crippen LogP contribution < -0.4 is 25.8 Å². The van der Waals surface area contributed by atoms with Crippen molar-refractivity contribution in [3.8, 4) is 22.5 Å². The van der Waals surface area contributed by atoms with Gasteiger partial charge in [0.15, 0.2) is 0 Å². The number of likely N-dealkylation sites (tertiary alicyclic amines) is 1. The maximum Gasteiger partial charge on any atom is 0.247 e. The van der Waals surface area contributed by atoms with E-state index in [1.54, 1.807) is 4.90 Å². The predicted octanol–water partition coefficient (Wildman–Crippen LogP) is 8.33. The van der Waals surface area contributed by atoms with Crippen LogP contribution >= 0.6 is 15.9 Å². The Morgan fingerprint density at radius 1 is 0.783 bits per heavy atom. The fourth-order valence-electron chi connectivity index (χ4n) is 8.72. The number of fused-ring (bicyclic) bond motifs is 1. The molecule has 12 heteroatoms. The van der Waals surface area contributed by atoms with Crippen LogP contribution in [0.3, 0.4) is 0 Å². The Kier molecular flexibility index (Phi) is 13.7. The maximum atomic E-state index is 13.7. The van der Waals surface area contributed by atoms with Crippen LogP contribution in [0, 0.1) is 0 Å². The zero-order valence-electron chi connectivity index (χ0n) is 35.0. The number of nitrogens with one attached hydrogen (secondary N) is 3. The second-order valence-corrected chi connectivity index (χ2v) is 16.3. The monoisotopic (exact) mass is 874 g/mol. The summed E-state index contributed by atoms with van der Waals surface area (Å²) in [5, 5.41) is 9.67. The summed E-state index contributed by atoms with van der Waals surface area (Å²) in [5.74, 6) is -0.157. The van der Waals surface area contributed by atoms with Gasteiger partial charge in [-0.2, -0.15) is 0 Å². The summed E-state index contributed by atoms with van der Waals surface area (Å²) < 4.78 is 7.13. The lowest BCUT2D eigenvalue weighted by Gasteiger charge is -2.27. The number of furan rings is 1. The van der Waals surface area contributed by atoms with Crippen molar-refractivity contribution in [2.24, 2.45) is 0 Å². The van der Waals surface area contributed by atoms with E-state index in [4.69, 9.17) is 4.42 Å². The van der Waals surface area contributed by atoms with Crippen LogP contribution in [0.2, 0.25) is 0 Å². The smallest absolute Gasteiger partial charge is 0.247 e. The molecule has 0 spiro atoms. The van der Waals surface area contributed by atoms with Gasteiger partial charge in [-0.3, -0.25) is 24.5 Å². The Bertz CT molecular complexity index is 2350. The summed E-state index contributed by atoms with van der Waals surface area (Å²) >= 11 is 3.79. The van der Waals surface area contributed by atoms with Crippen LogP contribution in [-0.4, -0.2) is 79.9 Å².